The van der Waals surface area contributed by atoms with Gasteiger partial charge in [-0.2, -0.15) is 4.31 Å². The van der Waals surface area contributed by atoms with Crippen LogP contribution in [0.15, 0.2) is 35.7 Å². The standard InChI is InChI=1S/C18H20Cl2N6O5S/c1-2-25(32(29,30)9-3-4-10(19)11(20)5-9)6-12-14(27)15(28)18(31-12)26-8-24-13-16(21)22-7-23-17(13)26/h3-5,7-8,12,14-15,18,27-28H,2,6H2,1H3,(H2,21,22,23)/t12-,14-,15-,18-/m1/s1. The average molecular weight is 503 g/mol. The molecule has 3 heterocycles. The van der Waals surface area contributed by atoms with E-state index < -0.39 is 34.6 Å². The van der Waals surface area contributed by atoms with Gasteiger partial charge in [-0.3, -0.25) is 4.57 Å². The summed E-state index contributed by atoms with van der Waals surface area (Å²) in [5.41, 5.74) is 6.42. The summed E-state index contributed by atoms with van der Waals surface area (Å²) in [6.45, 7) is 1.53. The molecule has 11 nitrogen and oxygen atoms in total. The number of ether oxygens (including phenoxy) is 1. The second-order valence-electron chi connectivity index (χ2n) is 7.16. The first-order chi connectivity index (χ1) is 15.1. The summed E-state index contributed by atoms with van der Waals surface area (Å²) < 4.78 is 34.6. The highest BCUT2D eigenvalue weighted by atomic mass is 35.5. The van der Waals surface area contributed by atoms with Crippen molar-refractivity contribution in [2.24, 2.45) is 0 Å². The zero-order valence-corrected chi connectivity index (χ0v) is 19.0. The number of anilines is 1. The van der Waals surface area contributed by atoms with E-state index in [2.05, 4.69) is 15.0 Å². The summed E-state index contributed by atoms with van der Waals surface area (Å²) in [5, 5.41) is 21.5. The zero-order chi connectivity index (χ0) is 23.2. The van der Waals surface area contributed by atoms with Crippen molar-refractivity contribution in [2.45, 2.75) is 36.4 Å². The van der Waals surface area contributed by atoms with Crippen LogP contribution < -0.4 is 5.73 Å². The van der Waals surface area contributed by atoms with Gasteiger partial charge in [0.05, 0.1) is 21.3 Å². The lowest BCUT2D eigenvalue weighted by atomic mass is 10.1. The molecule has 1 aliphatic heterocycles. The number of aliphatic hydroxyl groups is 2. The number of sulfonamides is 1. The van der Waals surface area contributed by atoms with Crippen LogP contribution in [0.4, 0.5) is 5.82 Å². The van der Waals surface area contributed by atoms with Crippen molar-refractivity contribution < 1.29 is 23.4 Å². The highest BCUT2D eigenvalue weighted by molar-refractivity contribution is 7.89. The van der Waals surface area contributed by atoms with Gasteiger partial charge in [-0.05, 0) is 18.2 Å². The fraction of sp³-hybridized carbons (Fsp3) is 0.389. The molecule has 4 atom stereocenters. The van der Waals surface area contributed by atoms with Crippen LogP contribution in [-0.2, 0) is 14.8 Å². The minimum absolute atomic E-state index is 0.0499. The zero-order valence-electron chi connectivity index (χ0n) is 16.7. The maximum Gasteiger partial charge on any atom is 0.243 e. The van der Waals surface area contributed by atoms with Crippen molar-refractivity contribution in [3.8, 4) is 0 Å². The quantitative estimate of drug-likeness (QED) is 0.447. The van der Waals surface area contributed by atoms with E-state index in [0.29, 0.717) is 11.2 Å². The summed E-state index contributed by atoms with van der Waals surface area (Å²) in [7, 11) is -3.97. The number of hydrogen-bond donors (Lipinski definition) is 3. The van der Waals surface area contributed by atoms with Crippen LogP contribution in [-0.4, -0.2) is 73.9 Å². The molecule has 3 aromatic rings. The summed E-state index contributed by atoms with van der Waals surface area (Å²) in [5.74, 6) is 0.156. The molecule has 0 radical (unpaired) electrons. The SMILES string of the molecule is CCN(C[C@H]1O[C@@H](n2cnc3c(N)ncnc32)[C@H](O)[C@@H]1O)S(=O)(=O)c1ccc(Cl)c(Cl)c1. The van der Waals surface area contributed by atoms with Gasteiger partial charge >= 0.3 is 0 Å². The predicted molar refractivity (Wildman–Crippen MR) is 117 cm³/mol. The van der Waals surface area contributed by atoms with Gasteiger partial charge in [-0.25, -0.2) is 23.4 Å². The third kappa shape index (κ3) is 3.92. The number of fused-ring (bicyclic) bond motifs is 1. The monoisotopic (exact) mass is 502 g/mol. The molecule has 1 saturated heterocycles. The Morgan fingerprint density at radius 2 is 1.94 bits per heavy atom. The molecular weight excluding hydrogens is 483 g/mol. The third-order valence-corrected chi connectivity index (χ3v) is 7.94. The van der Waals surface area contributed by atoms with E-state index in [0.717, 1.165) is 4.31 Å². The third-order valence-electron chi connectivity index (χ3n) is 5.26. The van der Waals surface area contributed by atoms with Gasteiger partial charge in [0.25, 0.3) is 0 Å². The van der Waals surface area contributed by atoms with Gasteiger partial charge in [0.15, 0.2) is 17.7 Å². The number of benzene rings is 1. The first-order valence-corrected chi connectivity index (χ1v) is 11.7. The first kappa shape index (κ1) is 23.1. The fourth-order valence-corrected chi connectivity index (χ4v) is 5.40. The van der Waals surface area contributed by atoms with Gasteiger partial charge in [-0.1, -0.05) is 30.1 Å². The lowest BCUT2D eigenvalue weighted by Crippen LogP contribution is -2.42. The van der Waals surface area contributed by atoms with Crippen LogP contribution in [0.25, 0.3) is 11.2 Å². The van der Waals surface area contributed by atoms with Crippen molar-refractivity contribution in [1.29, 1.82) is 0 Å². The summed E-state index contributed by atoms with van der Waals surface area (Å²) in [4.78, 5) is 12.1. The molecule has 4 N–H and O–H groups in total. The number of halogens is 2. The molecule has 2 aromatic heterocycles. The molecule has 0 amide bonds. The topological polar surface area (TPSA) is 157 Å². The Morgan fingerprint density at radius 1 is 1.19 bits per heavy atom. The van der Waals surface area contributed by atoms with E-state index in [1.165, 1.54) is 35.4 Å². The van der Waals surface area contributed by atoms with Crippen LogP contribution >= 0.6 is 23.2 Å². The lowest BCUT2D eigenvalue weighted by Gasteiger charge is -2.25. The van der Waals surface area contributed by atoms with E-state index in [1.807, 2.05) is 0 Å². The van der Waals surface area contributed by atoms with Crippen molar-refractivity contribution in [1.82, 2.24) is 23.8 Å². The Bertz CT molecular complexity index is 1260. The first-order valence-electron chi connectivity index (χ1n) is 9.55. The number of nitrogen functional groups attached to an aromatic ring is 1. The minimum atomic E-state index is -3.97. The van der Waals surface area contributed by atoms with Crippen LogP contribution in [0.2, 0.25) is 10.0 Å². The molecule has 0 bridgehead atoms. The Kier molecular flexibility index (Phi) is 6.29. The molecule has 1 fully saturated rings. The van der Waals surface area contributed by atoms with E-state index >= 15 is 0 Å². The largest absolute Gasteiger partial charge is 0.387 e. The number of likely N-dealkylation sites (N-methyl/N-ethyl adjacent to an activating group) is 1. The van der Waals surface area contributed by atoms with Gasteiger partial charge in [0.2, 0.25) is 10.0 Å². The Hall–Kier alpha value is -2.06. The number of nitrogens with zero attached hydrogens (tertiary/aromatic N) is 5. The maximum atomic E-state index is 13.1. The van der Waals surface area contributed by atoms with E-state index in [4.69, 9.17) is 33.7 Å². The van der Waals surface area contributed by atoms with Crippen molar-refractivity contribution in [3.63, 3.8) is 0 Å². The highest BCUT2D eigenvalue weighted by Gasteiger charge is 2.46. The Morgan fingerprint density at radius 3 is 2.62 bits per heavy atom. The van der Waals surface area contributed by atoms with Crippen molar-refractivity contribution in [3.05, 3.63) is 40.9 Å². The molecule has 1 aliphatic rings. The average Bonchev–Trinajstić information content (AvgIpc) is 3.30. The fourth-order valence-electron chi connectivity index (χ4n) is 3.55. The Balaban J connectivity index is 1.59. The molecule has 0 aliphatic carbocycles. The van der Waals surface area contributed by atoms with E-state index in [9.17, 15) is 18.6 Å². The number of aliphatic hydroxyl groups excluding tert-OH is 2. The molecule has 4 rings (SSSR count). The van der Waals surface area contributed by atoms with Gasteiger partial charge in [0.1, 0.15) is 30.2 Å². The van der Waals surface area contributed by atoms with Crippen molar-refractivity contribution in [2.75, 3.05) is 18.8 Å². The molecule has 0 saturated carbocycles. The number of hydrogen-bond acceptors (Lipinski definition) is 9. The van der Waals surface area contributed by atoms with Gasteiger partial charge in [0, 0.05) is 13.1 Å². The minimum Gasteiger partial charge on any atom is -0.387 e. The number of aromatic nitrogens is 4. The van der Waals surface area contributed by atoms with Crippen LogP contribution in [0.1, 0.15) is 13.2 Å². The molecule has 172 valence electrons. The smallest absolute Gasteiger partial charge is 0.243 e. The van der Waals surface area contributed by atoms with E-state index in [1.54, 1.807) is 6.92 Å². The molecule has 0 unspecified atom stereocenters. The lowest BCUT2D eigenvalue weighted by molar-refractivity contribution is -0.0384. The molecule has 0 spiro atoms. The number of nitrogens with two attached hydrogens (primary N) is 1. The van der Waals surface area contributed by atoms with Crippen molar-refractivity contribution >= 4 is 50.2 Å². The van der Waals surface area contributed by atoms with Gasteiger partial charge < -0.3 is 20.7 Å². The predicted octanol–water partition coefficient (Wildman–Crippen LogP) is 1.05. The summed E-state index contributed by atoms with van der Waals surface area (Å²) >= 11 is 11.9. The molecule has 1 aromatic carbocycles. The second kappa shape index (κ2) is 8.71. The number of imidazole rings is 1. The normalized spacial score (nSPS) is 23.9. The van der Waals surface area contributed by atoms with Crippen LogP contribution in [0.5, 0.6) is 0 Å². The summed E-state index contributed by atoms with van der Waals surface area (Å²) in [6, 6.07) is 3.99. The van der Waals surface area contributed by atoms with Crippen LogP contribution in [0, 0.1) is 0 Å². The van der Waals surface area contributed by atoms with Crippen LogP contribution in [0.3, 0.4) is 0 Å². The summed E-state index contributed by atoms with van der Waals surface area (Å²) in [6.07, 6.45) is -2.20. The Labute approximate surface area is 193 Å². The molecule has 14 heteroatoms. The molecule has 32 heavy (non-hydrogen) atoms. The second-order valence-corrected chi connectivity index (χ2v) is 9.91. The van der Waals surface area contributed by atoms with Gasteiger partial charge in [-0.15, -0.1) is 0 Å². The molecular formula is C18H20Cl2N6O5S. The van der Waals surface area contributed by atoms with E-state index in [-0.39, 0.29) is 33.8 Å². The highest BCUT2D eigenvalue weighted by Crippen LogP contribution is 2.33. The number of rotatable bonds is 6. The maximum absolute atomic E-state index is 13.1.